The molecule has 138 valence electrons. The number of carbonyl (C=O) groups excluding carboxylic acids is 2. The summed E-state index contributed by atoms with van der Waals surface area (Å²) in [5.41, 5.74) is -0.0684. The predicted octanol–water partition coefficient (Wildman–Crippen LogP) is 0.607. The van der Waals surface area contributed by atoms with Crippen LogP contribution in [-0.4, -0.2) is 92.2 Å². The second kappa shape index (κ2) is 8.16. The fourth-order valence-electron chi connectivity index (χ4n) is 3.34. The number of rotatable bonds is 4. The van der Waals surface area contributed by atoms with Crippen molar-refractivity contribution in [3.05, 3.63) is 0 Å². The lowest BCUT2D eigenvalue weighted by Gasteiger charge is -2.41. The summed E-state index contributed by atoms with van der Waals surface area (Å²) in [6.45, 7) is 9.62. The molecule has 0 aliphatic carbocycles. The van der Waals surface area contributed by atoms with Crippen LogP contribution in [-0.2, 0) is 9.53 Å². The number of urea groups is 1. The van der Waals surface area contributed by atoms with Crippen LogP contribution in [0.4, 0.5) is 4.79 Å². The zero-order chi connectivity index (χ0) is 17.7. The van der Waals surface area contributed by atoms with E-state index in [1.807, 2.05) is 4.90 Å². The molecule has 0 bridgehead atoms. The van der Waals surface area contributed by atoms with E-state index < -0.39 is 0 Å². The first-order valence-electron chi connectivity index (χ1n) is 8.88. The number of hydrogen-bond donors (Lipinski definition) is 1. The summed E-state index contributed by atoms with van der Waals surface area (Å²) in [5, 5.41) is 3.12. The first-order valence-corrected chi connectivity index (χ1v) is 8.88. The molecule has 0 aromatic carbocycles. The molecular formula is C17H32N4O3. The molecule has 2 fully saturated rings. The molecule has 2 aliphatic rings. The second-order valence-corrected chi connectivity index (χ2v) is 7.57. The number of carbonyl (C=O) groups is 2. The summed E-state index contributed by atoms with van der Waals surface area (Å²) in [6, 6.07) is 0.0299. The zero-order valence-electron chi connectivity index (χ0n) is 15.5. The minimum absolute atomic E-state index is 0.0108. The Morgan fingerprint density at radius 1 is 1.12 bits per heavy atom. The summed E-state index contributed by atoms with van der Waals surface area (Å²) >= 11 is 0. The quantitative estimate of drug-likeness (QED) is 0.814. The molecule has 0 aromatic heterocycles. The number of nitrogens with zero attached hydrogens (tertiary/aromatic N) is 3. The molecule has 24 heavy (non-hydrogen) atoms. The molecule has 0 atom stereocenters. The number of nitrogens with one attached hydrogen (secondary N) is 1. The van der Waals surface area contributed by atoms with Gasteiger partial charge >= 0.3 is 6.03 Å². The van der Waals surface area contributed by atoms with E-state index >= 15 is 0 Å². The molecular weight excluding hydrogens is 308 g/mol. The average molecular weight is 340 g/mol. The van der Waals surface area contributed by atoms with E-state index in [0.29, 0.717) is 19.6 Å². The minimum atomic E-state index is -0.0684. The van der Waals surface area contributed by atoms with E-state index in [1.165, 1.54) is 0 Å². The van der Waals surface area contributed by atoms with Gasteiger partial charge in [-0.3, -0.25) is 9.69 Å². The van der Waals surface area contributed by atoms with Gasteiger partial charge < -0.3 is 19.9 Å². The van der Waals surface area contributed by atoms with Crippen LogP contribution >= 0.6 is 0 Å². The molecule has 0 unspecified atom stereocenters. The molecule has 1 N–H and O–H groups in total. The molecule has 2 heterocycles. The van der Waals surface area contributed by atoms with Crippen molar-refractivity contribution >= 4 is 11.9 Å². The van der Waals surface area contributed by atoms with Gasteiger partial charge in [0, 0.05) is 58.3 Å². The van der Waals surface area contributed by atoms with E-state index in [4.69, 9.17) is 4.74 Å². The Morgan fingerprint density at radius 2 is 1.71 bits per heavy atom. The Bertz CT molecular complexity index is 439. The van der Waals surface area contributed by atoms with Crippen LogP contribution in [0.15, 0.2) is 0 Å². The van der Waals surface area contributed by atoms with E-state index in [2.05, 4.69) is 24.1 Å². The van der Waals surface area contributed by atoms with Crippen molar-refractivity contribution in [3.63, 3.8) is 0 Å². The highest BCUT2D eigenvalue weighted by Gasteiger charge is 2.31. The minimum Gasteiger partial charge on any atom is -0.379 e. The van der Waals surface area contributed by atoms with Gasteiger partial charge in [0.25, 0.3) is 0 Å². The molecule has 2 rings (SSSR count). The smallest absolute Gasteiger partial charge is 0.319 e. The third kappa shape index (κ3) is 4.83. The number of likely N-dealkylation sites (tertiary alicyclic amines) is 1. The van der Waals surface area contributed by atoms with Crippen LogP contribution in [0.1, 0.15) is 26.7 Å². The molecule has 0 spiro atoms. The number of morpholine rings is 1. The van der Waals surface area contributed by atoms with E-state index in [1.54, 1.807) is 19.0 Å². The summed E-state index contributed by atoms with van der Waals surface area (Å²) in [7, 11) is 3.52. The normalized spacial score (nSPS) is 20.8. The molecule has 7 nitrogen and oxygen atoms in total. The molecule has 0 aromatic rings. The number of hydrogen-bond acceptors (Lipinski definition) is 4. The Morgan fingerprint density at radius 3 is 2.25 bits per heavy atom. The van der Waals surface area contributed by atoms with Crippen LogP contribution in [0.2, 0.25) is 0 Å². The molecule has 7 heteroatoms. The van der Waals surface area contributed by atoms with Crippen molar-refractivity contribution in [1.82, 2.24) is 20.0 Å². The lowest BCUT2D eigenvalue weighted by molar-refractivity contribution is -0.127. The van der Waals surface area contributed by atoms with Crippen LogP contribution in [0.3, 0.4) is 0 Å². The average Bonchev–Trinajstić information content (AvgIpc) is 2.60. The van der Waals surface area contributed by atoms with Crippen molar-refractivity contribution in [3.8, 4) is 0 Å². The van der Waals surface area contributed by atoms with Gasteiger partial charge in [-0.1, -0.05) is 0 Å². The summed E-state index contributed by atoms with van der Waals surface area (Å²) in [5.74, 6) is 0.130. The highest BCUT2D eigenvalue weighted by atomic mass is 16.5. The van der Waals surface area contributed by atoms with Gasteiger partial charge in [-0.2, -0.15) is 0 Å². The van der Waals surface area contributed by atoms with Gasteiger partial charge in [-0.05, 0) is 26.7 Å². The van der Waals surface area contributed by atoms with Crippen molar-refractivity contribution in [1.29, 1.82) is 0 Å². The summed E-state index contributed by atoms with van der Waals surface area (Å²) < 4.78 is 5.40. The molecule has 3 amide bonds. The Balaban J connectivity index is 1.76. The van der Waals surface area contributed by atoms with Gasteiger partial charge in [0.2, 0.25) is 5.91 Å². The van der Waals surface area contributed by atoms with Gasteiger partial charge in [-0.15, -0.1) is 0 Å². The summed E-state index contributed by atoms with van der Waals surface area (Å²) in [4.78, 5) is 30.2. The SMILES string of the molecule is CN(C)C(=O)N1CCC(C(=O)NCC(C)(C)N2CCOCC2)CC1. The maximum absolute atomic E-state index is 12.5. The van der Waals surface area contributed by atoms with Crippen molar-refractivity contribution in [2.45, 2.75) is 32.2 Å². The van der Waals surface area contributed by atoms with Crippen LogP contribution in [0, 0.1) is 5.92 Å². The largest absolute Gasteiger partial charge is 0.379 e. The third-order valence-corrected chi connectivity index (χ3v) is 5.08. The Hall–Kier alpha value is -1.34. The molecule has 0 radical (unpaired) electrons. The second-order valence-electron chi connectivity index (χ2n) is 7.57. The first-order chi connectivity index (χ1) is 11.3. The van der Waals surface area contributed by atoms with Crippen molar-refractivity contribution < 1.29 is 14.3 Å². The van der Waals surface area contributed by atoms with Crippen molar-refractivity contribution in [2.24, 2.45) is 5.92 Å². The number of ether oxygens (including phenoxy) is 1. The van der Waals surface area contributed by atoms with Gasteiger partial charge in [0.15, 0.2) is 0 Å². The van der Waals surface area contributed by atoms with Gasteiger partial charge in [0.1, 0.15) is 0 Å². The standard InChI is InChI=1S/C17H32N4O3/c1-17(2,21-9-11-24-12-10-21)13-18-15(22)14-5-7-20(8-6-14)16(23)19(3)4/h14H,5-13H2,1-4H3,(H,18,22). The zero-order valence-corrected chi connectivity index (χ0v) is 15.5. The molecule has 2 aliphatic heterocycles. The third-order valence-electron chi connectivity index (χ3n) is 5.08. The fourth-order valence-corrected chi connectivity index (χ4v) is 3.34. The summed E-state index contributed by atoms with van der Waals surface area (Å²) in [6.07, 6.45) is 1.48. The van der Waals surface area contributed by atoms with Crippen LogP contribution in [0.25, 0.3) is 0 Å². The molecule has 0 saturated carbocycles. The number of piperidine rings is 1. The van der Waals surface area contributed by atoms with Gasteiger partial charge in [0.05, 0.1) is 13.2 Å². The highest BCUT2D eigenvalue weighted by Crippen LogP contribution is 2.19. The van der Waals surface area contributed by atoms with Gasteiger partial charge in [-0.25, -0.2) is 4.79 Å². The fraction of sp³-hybridized carbons (Fsp3) is 0.882. The van der Waals surface area contributed by atoms with Crippen molar-refractivity contribution in [2.75, 3.05) is 60.0 Å². The monoisotopic (exact) mass is 340 g/mol. The first kappa shape index (κ1) is 19.0. The maximum Gasteiger partial charge on any atom is 0.319 e. The maximum atomic E-state index is 12.5. The lowest BCUT2D eigenvalue weighted by atomic mass is 9.95. The highest BCUT2D eigenvalue weighted by molar-refractivity contribution is 5.79. The lowest BCUT2D eigenvalue weighted by Crippen LogP contribution is -2.56. The predicted molar refractivity (Wildman–Crippen MR) is 92.9 cm³/mol. The van der Waals surface area contributed by atoms with E-state index in [0.717, 1.165) is 39.1 Å². The Labute approximate surface area is 145 Å². The Kier molecular flexibility index (Phi) is 6.46. The van der Waals surface area contributed by atoms with E-state index in [9.17, 15) is 9.59 Å². The van der Waals surface area contributed by atoms with Crippen LogP contribution < -0.4 is 5.32 Å². The van der Waals surface area contributed by atoms with E-state index in [-0.39, 0.29) is 23.4 Å². The van der Waals surface area contributed by atoms with Crippen LogP contribution in [0.5, 0.6) is 0 Å². The number of amides is 3. The topological polar surface area (TPSA) is 65.1 Å². The molecule has 2 saturated heterocycles.